The van der Waals surface area contributed by atoms with E-state index in [1.54, 1.807) is 43.1 Å². The molecule has 0 bridgehead atoms. The van der Waals surface area contributed by atoms with E-state index in [0.29, 0.717) is 76.4 Å². The molecular formula is C40H47F3N18O2. The highest BCUT2D eigenvalue weighted by Crippen LogP contribution is 2.42. The van der Waals surface area contributed by atoms with Crippen LogP contribution in [0.1, 0.15) is 30.1 Å². The number of aromatic nitrogens is 12. The molecule has 0 radical (unpaired) electrons. The van der Waals surface area contributed by atoms with Crippen molar-refractivity contribution in [3.05, 3.63) is 66.0 Å². The average Bonchev–Trinajstić information content (AvgIpc) is 3.59. The Bertz CT molecular complexity index is 2840. The van der Waals surface area contributed by atoms with Crippen LogP contribution in [0, 0.1) is 11.6 Å². The number of nitrogens with one attached hydrogen (secondary N) is 3. The highest BCUT2D eigenvalue weighted by Gasteiger charge is 2.37. The molecule has 10 rings (SSSR count). The molecule has 6 aromatic heterocycles. The highest BCUT2D eigenvalue weighted by molar-refractivity contribution is 5.87. The van der Waals surface area contributed by atoms with E-state index in [0.717, 1.165) is 37.6 Å². The van der Waals surface area contributed by atoms with Crippen LogP contribution in [0.25, 0.3) is 27.8 Å². The van der Waals surface area contributed by atoms with Crippen molar-refractivity contribution in [2.75, 3.05) is 80.0 Å². The molecular weight excluding hydrogens is 822 g/mol. The number of rotatable bonds is 14. The Morgan fingerprint density at radius 3 is 2.56 bits per heavy atom. The number of aliphatic hydroxyl groups excluding tert-OH is 1. The molecule has 23 heteroatoms. The molecule has 3 fully saturated rings. The summed E-state index contributed by atoms with van der Waals surface area (Å²) in [4.78, 5) is 39.5. The summed E-state index contributed by atoms with van der Waals surface area (Å²) in [5, 5.41) is 27.1. The summed E-state index contributed by atoms with van der Waals surface area (Å²) >= 11 is 0. The van der Waals surface area contributed by atoms with Gasteiger partial charge in [-0.15, -0.1) is 5.10 Å². The van der Waals surface area contributed by atoms with Gasteiger partial charge in [0.25, 0.3) is 5.88 Å². The van der Waals surface area contributed by atoms with Gasteiger partial charge < -0.3 is 44.3 Å². The first-order chi connectivity index (χ1) is 30.4. The lowest BCUT2D eigenvalue weighted by atomic mass is 10.2. The van der Waals surface area contributed by atoms with Gasteiger partial charge in [0.15, 0.2) is 34.3 Å². The molecule has 20 nitrogen and oxygen atoms in total. The van der Waals surface area contributed by atoms with E-state index in [-0.39, 0.29) is 43.2 Å². The number of aromatic amines is 1. The van der Waals surface area contributed by atoms with Crippen molar-refractivity contribution >= 4 is 57.2 Å². The predicted molar refractivity (Wildman–Crippen MR) is 228 cm³/mol. The van der Waals surface area contributed by atoms with E-state index in [4.69, 9.17) is 29.8 Å². The van der Waals surface area contributed by atoms with Gasteiger partial charge in [-0.05, 0) is 43.5 Å². The first kappa shape index (κ1) is 40.5. The minimum atomic E-state index is -1.42. The van der Waals surface area contributed by atoms with Crippen LogP contribution in [0.15, 0.2) is 43.0 Å². The lowest BCUT2D eigenvalue weighted by molar-refractivity contribution is 0.139. The van der Waals surface area contributed by atoms with Crippen molar-refractivity contribution in [1.82, 2.24) is 69.1 Å². The number of ether oxygens (including phenoxy) is 1. The van der Waals surface area contributed by atoms with E-state index in [1.165, 1.54) is 13.2 Å². The van der Waals surface area contributed by atoms with Gasteiger partial charge in [-0.1, -0.05) is 6.58 Å². The summed E-state index contributed by atoms with van der Waals surface area (Å²) in [5.74, 6) is 0.477. The lowest BCUT2D eigenvalue weighted by Gasteiger charge is -2.33. The fourth-order valence-electron chi connectivity index (χ4n) is 8.22. The molecule has 1 aliphatic carbocycles. The number of halogens is 3. The Hall–Kier alpha value is -6.59. The van der Waals surface area contributed by atoms with E-state index in [1.807, 2.05) is 13.2 Å². The number of aryl methyl sites for hydroxylation is 2. The van der Waals surface area contributed by atoms with Crippen LogP contribution in [0.3, 0.4) is 0 Å². The van der Waals surface area contributed by atoms with E-state index >= 15 is 4.39 Å². The number of anilines is 5. The fraction of sp³-hybridized carbons (Fsp3) is 0.450. The quantitative estimate of drug-likeness (QED) is 0.0919. The van der Waals surface area contributed by atoms with E-state index in [9.17, 15) is 13.9 Å². The topological polar surface area (TPSA) is 200 Å². The minimum Gasteiger partial charge on any atom is -0.478 e. The number of piperazine rings is 1. The van der Waals surface area contributed by atoms with Crippen molar-refractivity contribution in [2.45, 2.75) is 43.7 Å². The smallest absolute Gasteiger partial charge is 0.256 e. The molecule has 1 aromatic carbocycles. The summed E-state index contributed by atoms with van der Waals surface area (Å²) in [7, 11) is 7.17. The van der Waals surface area contributed by atoms with Gasteiger partial charge in [0, 0.05) is 58.9 Å². The first-order valence-electron chi connectivity index (χ1n) is 20.7. The van der Waals surface area contributed by atoms with Gasteiger partial charge in [-0.2, -0.15) is 29.5 Å². The molecule has 2 aliphatic heterocycles. The largest absolute Gasteiger partial charge is 0.478 e. The molecule has 0 amide bonds. The second kappa shape index (κ2) is 16.0. The lowest BCUT2D eigenvalue weighted by Crippen LogP contribution is -2.47. The monoisotopic (exact) mass is 868 g/mol. The Kier molecular flexibility index (Phi) is 10.2. The molecule has 4 N–H and O–H groups in total. The Labute approximate surface area is 358 Å². The molecule has 1 unspecified atom stereocenters. The number of alkyl halides is 1. The fourth-order valence-corrected chi connectivity index (χ4v) is 8.22. The number of nitrogens with zero attached hydrogens (tertiary/aromatic N) is 15. The highest BCUT2D eigenvalue weighted by atomic mass is 19.2. The number of aliphatic hydroxyl groups is 1. The average molecular weight is 869 g/mol. The molecule has 0 spiro atoms. The number of methoxy groups -OCH3 is 1. The zero-order valence-electron chi connectivity index (χ0n) is 35.2. The maximum absolute atomic E-state index is 16.0. The van der Waals surface area contributed by atoms with Crippen molar-refractivity contribution in [2.24, 2.45) is 14.1 Å². The Morgan fingerprint density at radius 1 is 1.00 bits per heavy atom. The predicted octanol–water partition coefficient (Wildman–Crippen LogP) is 2.77. The Morgan fingerprint density at radius 2 is 1.78 bits per heavy atom. The third-order valence-corrected chi connectivity index (χ3v) is 11.9. The first-order valence-corrected chi connectivity index (χ1v) is 20.7. The molecule has 8 heterocycles. The number of hydrogen-bond donors (Lipinski definition) is 4. The molecule has 63 heavy (non-hydrogen) atoms. The number of benzene rings is 1. The molecule has 3 atom stereocenters. The number of fused-ring (bicyclic) bond motifs is 3. The van der Waals surface area contributed by atoms with Crippen molar-refractivity contribution in [1.29, 1.82) is 0 Å². The molecule has 1 saturated carbocycles. The van der Waals surface area contributed by atoms with Crippen molar-refractivity contribution in [3.8, 4) is 5.88 Å². The summed E-state index contributed by atoms with van der Waals surface area (Å²) in [6.07, 6.45) is 4.43. The third-order valence-electron chi connectivity index (χ3n) is 11.9. The maximum Gasteiger partial charge on any atom is 0.256 e. The molecule has 2 saturated heterocycles. The van der Waals surface area contributed by atoms with E-state index < -0.39 is 30.1 Å². The number of likely N-dealkylation sites (N-methyl/N-ethyl adjacent to an activating group) is 1. The standard InChI is InChI=1S/C40H47F3N18O2/c1-21(36(62)48-27-18-59(16-25(27)42)38-50-33(32-35(52-38)56(3)20-44-32)47-28-17-57(4)54-37(28)63-5)15-60(19-29-46-26-9-8-24(41)30(43)31(26)49-29)40-53-39(58-12-10-55(2)11-13-58)51-34-23(22-6-7-22)14-45-61(34)40/h8-9,14,17,20,22,25,27,36,48,62H,1,6-7,10-13,15-16,18-19H2,2-5H3,(H,46,49)(H,47,50,52)/t25-,27-,36?/m1/s1. The zero-order chi connectivity index (χ0) is 43.7. The van der Waals surface area contributed by atoms with Crippen LogP contribution in [0.2, 0.25) is 0 Å². The van der Waals surface area contributed by atoms with Crippen molar-refractivity contribution in [3.63, 3.8) is 0 Å². The summed E-state index contributed by atoms with van der Waals surface area (Å²) in [6.45, 7) is 7.38. The zero-order valence-corrected chi connectivity index (χ0v) is 35.2. The molecule has 330 valence electrons. The normalized spacial score (nSPS) is 18.9. The summed E-state index contributed by atoms with van der Waals surface area (Å²) in [6, 6.07) is 1.63. The number of H-pyrrole nitrogens is 1. The number of imidazole rings is 2. The second-order valence-corrected chi connectivity index (χ2v) is 16.5. The van der Waals surface area contributed by atoms with Gasteiger partial charge in [0.05, 0.1) is 50.5 Å². The molecule has 7 aromatic rings. The summed E-state index contributed by atoms with van der Waals surface area (Å²) < 4.78 is 55.6. The van der Waals surface area contributed by atoms with Crippen LogP contribution >= 0.6 is 0 Å². The number of hydrogen-bond acceptors (Lipinski definition) is 16. The van der Waals surface area contributed by atoms with Crippen LogP contribution in [0.5, 0.6) is 5.88 Å². The van der Waals surface area contributed by atoms with Crippen LogP contribution in [0.4, 0.5) is 42.5 Å². The second-order valence-electron chi connectivity index (χ2n) is 16.5. The minimum absolute atomic E-state index is 0.00640. The van der Waals surface area contributed by atoms with Gasteiger partial charge >= 0.3 is 0 Å². The van der Waals surface area contributed by atoms with Crippen molar-refractivity contribution < 1.29 is 23.0 Å². The molecule has 3 aliphatic rings. The van der Waals surface area contributed by atoms with Crippen LogP contribution in [-0.4, -0.2) is 147 Å². The van der Waals surface area contributed by atoms with Crippen LogP contribution in [-0.2, 0) is 20.6 Å². The third kappa shape index (κ3) is 7.69. The van der Waals surface area contributed by atoms with Gasteiger partial charge in [0.1, 0.15) is 29.4 Å². The van der Waals surface area contributed by atoms with Gasteiger partial charge in [-0.3, -0.25) is 10.00 Å². The van der Waals surface area contributed by atoms with Gasteiger partial charge in [-0.25, -0.2) is 23.1 Å². The van der Waals surface area contributed by atoms with Gasteiger partial charge in [0.2, 0.25) is 17.8 Å². The maximum atomic E-state index is 16.0. The Balaban J connectivity index is 0.930. The van der Waals surface area contributed by atoms with Crippen LogP contribution < -0.4 is 30.1 Å². The summed E-state index contributed by atoms with van der Waals surface area (Å²) in [5.41, 5.74) is 3.73. The van der Waals surface area contributed by atoms with E-state index in [2.05, 4.69) is 54.1 Å². The SMILES string of the molecule is C=C(CN(Cc1nc2c(F)c(F)ccc2[nH]1)c1nc(N2CCN(C)CC2)nc2c(C3CC3)cnn12)C(O)N[C@@H]1CN(c2nc(Nc3cn(C)nc3OC)c3ncn(C)c3n2)C[C@H]1F.